The van der Waals surface area contributed by atoms with Gasteiger partial charge in [-0.3, -0.25) is 15.5 Å². The molecule has 0 radical (unpaired) electrons. The summed E-state index contributed by atoms with van der Waals surface area (Å²) in [5, 5.41) is 19.6. The third-order valence-electron chi connectivity index (χ3n) is 2.00. The zero-order valence-corrected chi connectivity index (χ0v) is 9.18. The number of H-pyrrole nitrogens is 1. The molecule has 2 N–H and O–H groups in total. The van der Waals surface area contributed by atoms with E-state index in [0.29, 0.717) is 11.5 Å². The van der Waals surface area contributed by atoms with E-state index in [1.807, 2.05) is 13.0 Å². The molecule has 0 bridgehead atoms. The van der Waals surface area contributed by atoms with E-state index in [4.69, 9.17) is 5.26 Å². The van der Waals surface area contributed by atoms with Gasteiger partial charge in [0, 0.05) is 18.0 Å². The van der Waals surface area contributed by atoms with Crippen molar-refractivity contribution in [3.8, 4) is 6.07 Å². The lowest BCUT2D eigenvalue weighted by molar-refractivity contribution is 1.04. The smallest absolute Gasteiger partial charge is 0.186 e. The Hall–Kier alpha value is -2.68. The number of nitriles is 1. The van der Waals surface area contributed by atoms with E-state index in [0.717, 1.165) is 5.69 Å². The molecule has 0 aliphatic carbocycles. The number of nitrogens with zero attached hydrogens (tertiary/aromatic N) is 4. The van der Waals surface area contributed by atoms with Crippen LogP contribution in [0.3, 0.4) is 0 Å². The SMILES string of the molecule is Cc1cc(N/N=C(/C#N)c2ccccn2)n[nH]1. The van der Waals surface area contributed by atoms with Crippen LogP contribution in [0.25, 0.3) is 0 Å². The van der Waals surface area contributed by atoms with Gasteiger partial charge in [-0.1, -0.05) is 6.07 Å². The van der Waals surface area contributed by atoms with Crippen LogP contribution in [0.1, 0.15) is 11.4 Å². The number of hydrogen-bond acceptors (Lipinski definition) is 5. The van der Waals surface area contributed by atoms with Gasteiger partial charge in [0.1, 0.15) is 11.8 Å². The Morgan fingerprint density at radius 3 is 3.00 bits per heavy atom. The molecule has 0 fully saturated rings. The van der Waals surface area contributed by atoms with Crippen molar-refractivity contribution in [3.63, 3.8) is 0 Å². The topological polar surface area (TPSA) is 89.8 Å². The van der Waals surface area contributed by atoms with E-state index in [9.17, 15) is 0 Å². The summed E-state index contributed by atoms with van der Waals surface area (Å²) in [6.07, 6.45) is 1.61. The van der Waals surface area contributed by atoms with Crippen molar-refractivity contribution in [2.75, 3.05) is 5.43 Å². The number of hydrazone groups is 1. The first-order valence-electron chi connectivity index (χ1n) is 4.97. The van der Waals surface area contributed by atoms with Crippen LogP contribution >= 0.6 is 0 Å². The van der Waals surface area contributed by atoms with Crippen molar-refractivity contribution in [3.05, 3.63) is 41.9 Å². The van der Waals surface area contributed by atoms with Gasteiger partial charge in [-0.2, -0.15) is 15.5 Å². The van der Waals surface area contributed by atoms with Crippen molar-refractivity contribution >= 4 is 11.5 Å². The third-order valence-corrected chi connectivity index (χ3v) is 2.00. The zero-order chi connectivity index (χ0) is 12.1. The van der Waals surface area contributed by atoms with Crippen LogP contribution < -0.4 is 5.43 Å². The summed E-state index contributed by atoms with van der Waals surface area (Å²) in [5.41, 5.74) is 4.35. The normalized spacial score (nSPS) is 10.9. The molecule has 2 aromatic heterocycles. The average molecular weight is 226 g/mol. The standard InChI is InChI=1S/C11H10N6/c1-8-6-11(16-14-8)17-15-10(7-12)9-4-2-3-5-13-9/h2-6H,1H3,(H2,14,16,17)/b15-10-. The third kappa shape index (κ3) is 2.66. The van der Waals surface area contributed by atoms with Crippen LogP contribution in [-0.4, -0.2) is 20.9 Å². The number of rotatable bonds is 3. The molecule has 0 amide bonds. The van der Waals surface area contributed by atoms with Gasteiger partial charge in [0.2, 0.25) is 0 Å². The molecule has 0 aliphatic rings. The van der Waals surface area contributed by atoms with Crippen molar-refractivity contribution in [2.45, 2.75) is 6.92 Å². The highest BCUT2D eigenvalue weighted by molar-refractivity contribution is 6.10. The second-order valence-corrected chi connectivity index (χ2v) is 3.34. The Balaban J connectivity index is 2.17. The Morgan fingerprint density at radius 1 is 1.53 bits per heavy atom. The minimum absolute atomic E-state index is 0.214. The first-order valence-corrected chi connectivity index (χ1v) is 4.97. The maximum Gasteiger partial charge on any atom is 0.186 e. The van der Waals surface area contributed by atoms with E-state index >= 15 is 0 Å². The van der Waals surface area contributed by atoms with Crippen LogP contribution in [0.2, 0.25) is 0 Å². The molecule has 84 valence electrons. The van der Waals surface area contributed by atoms with Crippen LogP contribution in [-0.2, 0) is 0 Å². The van der Waals surface area contributed by atoms with E-state index in [2.05, 4.69) is 25.7 Å². The molecule has 0 unspecified atom stereocenters. The monoisotopic (exact) mass is 226 g/mol. The van der Waals surface area contributed by atoms with Gasteiger partial charge >= 0.3 is 0 Å². The van der Waals surface area contributed by atoms with Crippen LogP contribution in [0.5, 0.6) is 0 Å². The van der Waals surface area contributed by atoms with Gasteiger partial charge in [0.15, 0.2) is 11.5 Å². The largest absolute Gasteiger partial charge is 0.281 e. The Morgan fingerprint density at radius 2 is 2.41 bits per heavy atom. The highest BCUT2D eigenvalue weighted by Crippen LogP contribution is 2.04. The highest BCUT2D eigenvalue weighted by Gasteiger charge is 2.03. The number of aryl methyl sites for hydroxylation is 1. The fourth-order valence-electron chi connectivity index (χ4n) is 1.23. The van der Waals surface area contributed by atoms with Gasteiger partial charge in [-0.15, -0.1) is 0 Å². The highest BCUT2D eigenvalue weighted by atomic mass is 15.4. The van der Waals surface area contributed by atoms with Crippen molar-refractivity contribution in [2.24, 2.45) is 5.10 Å². The lowest BCUT2D eigenvalue weighted by Gasteiger charge is -1.97. The number of nitrogens with one attached hydrogen (secondary N) is 2. The molecule has 2 heterocycles. The molecule has 6 nitrogen and oxygen atoms in total. The molecule has 0 spiro atoms. The van der Waals surface area contributed by atoms with Crippen LogP contribution in [0, 0.1) is 18.3 Å². The van der Waals surface area contributed by atoms with Gasteiger partial charge in [0.25, 0.3) is 0 Å². The fourth-order valence-corrected chi connectivity index (χ4v) is 1.23. The molecular weight excluding hydrogens is 216 g/mol. The maximum atomic E-state index is 8.97. The van der Waals surface area contributed by atoms with Gasteiger partial charge < -0.3 is 0 Å². The molecule has 17 heavy (non-hydrogen) atoms. The molecular formula is C11H10N6. The summed E-state index contributed by atoms with van der Waals surface area (Å²) < 4.78 is 0. The molecule has 0 saturated carbocycles. The van der Waals surface area contributed by atoms with Crippen molar-refractivity contribution < 1.29 is 0 Å². The summed E-state index contributed by atoms with van der Waals surface area (Å²) in [4.78, 5) is 4.05. The summed E-state index contributed by atoms with van der Waals surface area (Å²) in [6, 6.07) is 9.07. The number of anilines is 1. The van der Waals surface area contributed by atoms with E-state index in [1.165, 1.54) is 0 Å². The molecule has 0 aliphatic heterocycles. The summed E-state index contributed by atoms with van der Waals surface area (Å²) in [5.74, 6) is 0.561. The fraction of sp³-hybridized carbons (Fsp3) is 0.0909. The zero-order valence-electron chi connectivity index (χ0n) is 9.18. The molecule has 0 aromatic carbocycles. The van der Waals surface area contributed by atoms with Gasteiger partial charge in [-0.25, -0.2) is 0 Å². The minimum Gasteiger partial charge on any atom is -0.281 e. The average Bonchev–Trinajstić information content (AvgIpc) is 2.77. The van der Waals surface area contributed by atoms with Crippen LogP contribution in [0.4, 0.5) is 5.82 Å². The van der Waals surface area contributed by atoms with Crippen molar-refractivity contribution in [1.29, 1.82) is 5.26 Å². The Bertz CT molecular complexity index is 563. The number of hydrogen-bond donors (Lipinski definition) is 2. The van der Waals surface area contributed by atoms with Gasteiger partial charge in [-0.05, 0) is 19.1 Å². The minimum atomic E-state index is 0.214. The molecule has 2 aromatic rings. The van der Waals surface area contributed by atoms with E-state index < -0.39 is 0 Å². The number of pyridine rings is 1. The molecule has 0 atom stereocenters. The Kier molecular flexibility index (Phi) is 3.12. The molecule has 2 rings (SSSR count). The number of aromatic amines is 1. The second kappa shape index (κ2) is 4.90. The van der Waals surface area contributed by atoms with E-state index in [1.54, 1.807) is 30.5 Å². The summed E-state index contributed by atoms with van der Waals surface area (Å²) >= 11 is 0. The van der Waals surface area contributed by atoms with Crippen LogP contribution in [0.15, 0.2) is 35.6 Å². The Labute approximate surface area is 98.0 Å². The van der Waals surface area contributed by atoms with Gasteiger partial charge in [0.05, 0.1) is 0 Å². The van der Waals surface area contributed by atoms with E-state index in [-0.39, 0.29) is 5.71 Å². The molecule has 0 saturated heterocycles. The summed E-state index contributed by atoms with van der Waals surface area (Å²) in [7, 11) is 0. The quantitative estimate of drug-likeness (QED) is 0.612. The lowest BCUT2D eigenvalue weighted by Crippen LogP contribution is -2.03. The first kappa shape index (κ1) is 10.8. The predicted molar refractivity (Wildman–Crippen MR) is 63.3 cm³/mol. The molecule has 6 heteroatoms. The lowest BCUT2D eigenvalue weighted by atomic mass is 10.2. The maximum absolute atomic E-state index is 8.97. The number of aromatic nitrogens is 3. The summed E-state index contributed by atoms with van der Waals surface area (Å²) in [6.45, 7) is 1.88. The van der Waals surface area contributed by atoms with Crippen molar-refractivity contribution in [1.82, 2.24) is 15.2 Å². The second-order valence-electron chi connectivity index (χ2n) is 3.34. The first-order chi connectivity index (χ1) is 8.29. The predicted octanol–water partition coefficient (Wildman–Crippen LogP) is 1.45.